The number of para-hydroxylation sites is 1. The van der Waals surface area contributed by atoms with E-state index in [1.807, 2.05) is 45.0 Å². The van der Waals surface area contributed by atoms with Crippen LogP contribution in [0.25, 0.3) is 10.9 Å². The standard InChI is InChI=1S/C15H20N4O2/c1-15(2,3)16-12(20)9-19(4)14(21)13-10-7-5-6-8-11(10)17-18-13/h5-8H,9H2,1-4H3,(H,16,20)(H,17,18). The largest absolute Gasteiger partial charge is 0.350 e. The molecular formula is C15H20N4O2. The Bertz CT molecular complexity index is 670. The molecule has 0 aliphatic rings. The second kappa shape index (κ2) is 5.55. The fraction of sp³-hybridized carbons (Fsp3) is 0.400. The van der Waals surface area contributed by atoms with E-state index in [2.05, 4.69) is 15.5 Å². The monoisotopic (exact) mass is 288 g/mol. The SMILES string of the molecule is CN(CC(=O)NC(C)(C)C)C(=O)c1n[nH]c2ccccc12. The van der Waals surface area contributed by atoms with Crippen LogP contribution in [0.4, 0.5) is 0 Å². The van der Waals surface area contributed by atoms with Crippen LogP contribution < -0.4 is 5.32 Å². The molecule has 0 saturated heterocycles. The highest BCUT2D eigenvalue weighted by Gasteiger charge is 2.21. The number of rotatable bonds is 3. The Morgan fingerprint density at radius 2 is 1.95 bits per heavy atom. The summed E-state index contributed by atoms with van der Waals surface area (Å²) in [4.78, 5) is 25.6. The van der Waals surface area contributed by atoms with Crippen molar-refractivity contribution < 1.29 is 9.59 Å². The molecule has 1 aromatic heterocycles. The van der Waals surface area contributed by atoms with Crippen LogP contribution in [0.2, 0.25) is 0 Å². The lowest BCUT2D eigenvalue weighted by molar-refractivity contribution is -0.122. The highest BCUT2D eigenvalue weighted by Crippen LogP contribution is 2.16. The lowest BCUT2D eigenvalue weighted by atomic mass is 10.1. The van der Waals surface area contributed by atoms with E-state index in [0.29, 0.717) is 5.69 Å². The van der Waals surface area contributed by atoms with E-state index in [4.69, 9.17) is 0 Å². The minimum atomic E-state index is -0.319. The van der Waals surface area contributed by atoms with Crippen LogP contribution in [0.1, 0.15) is 31.3 Å². The summed E-state index contributed by atoms with van der Waals surface area (Å²) in [5.74, 6) is -0.477. The van der Waals surface area contributed by atoms with Crippen molar-refractivity contribution in [2.45, 2.75) is 26.3 Å². The molecule has 2 aromatic rings. The molecule has 2 amide bonds. The van der Waals surface area contributed by atoms with Crippen LogP contribution in [-0.4, -0.2) is 46.0 Å². The fourth-order valence-corrected chi connectivity index (χ4v) is 2.05. The zero-order valence-electron chi connectivity index (χ0n) is 12.7. The van der Waals surface area contributed by atoms with Gasteiger partial charge in [-0.3, -0.25) is 14.7 Å². The van der Waals surface area contributed by atoms with Gasteiger partial charge in [-0.15, -0.1) is 0 Å². The number of hydrogen-bond donors (Lipinski definition) is 2. The van der Waals surface area contributed by atoms with Crippen LogP contribution in [-0.2, 0) is 4.79 Å². The number of H-pyrrole nitrogens is 1. The van der Waals surface area contributed by atoms with Crippen LogP contribution >= 0.6 is 0 Å². The molecule has 21 heavy (non-hydrogen) atoms. The molecule has 1 aromatic carbocycles. The maximum absolute atomic E-state index is 12.4. The van der Waals surface area contributed by atoms with Gasteiger partial charge in [-0.1, -0.05) is 18.2 Å². The summed E-state index contributed by atoms with van der Waals surface area (Å²) in [5.41, 5.74) is 0.810. The predicted molar refractivity (Wildman–Crippen MR) is 80.9 cm³/mol. The third kappa shape index (κ3) is 3.59. The van der Waals surface area contributed by atoms with E-state index in [1.165, 1.54) is 4.90 Å². The molecule has 6 heteroatoms. The molecule has 0 spiro atoms. The summed E-state index contributed by atoms with van der Waals surface area (Å²) in [5, 5.41) is 10.4. The van der Waals surface area contributed by atoms with E-state index in [9.17, 15) is 9.59 Å². The molecule has 6 nitrogen and oxygen atoms in total. The van der Waals surface area contributed by atoms with Crippen LogP contribution in [0.3, 0.4) is 0 Å². The minimum Gasteiger partial charge on any atom is -0.350 e. The maximum Gasteiger partial charge on any atom is 0.275 e. The first-order valence-electron chi connectivity index (χ1n) is 6.77. The molecule has 1 heterocycles. The van der Waals surface area contributed by atoms with E-state index in [-0.39, 0.29) is 23.9 Å². The lowest BCUT2D eigenvalue weighted by Crippen LogP contribution is -2.46. The van der Waals surface area contributed by atoms with Gasteiger partial charge in [-0.2, -0.15) is 5.10 Å². The van der Waals surface area contributed by atoms with Crippen molar-refractivity contribution in [2.75, 3.05) is 13.6 Å². The Hall–Kier alpha value is -2.37. The molecule has 0 aliphatic heterocycles. The second-order valence-corrected chi connectivity index (χ2v) is 6.08. The predicted octanol–water partition coefficient (Wildman–Crippen LogP) is 1.55. The number of carbonyl (C=O) groups is 2. The smallest absolute Gasteiger partial charge is 0.275 e. The Morgan fingerprint density at radius 1 is 1.29 bits per heavy atom. The van der Waals surface area contributed by atoms with Crippen molar-refractivity contribution in [3.05, 3.63) is 30.0 Å². The molecule has 0 fully saturated rings. The molecule has 0 aliphatic carbocycles. The molecule has 2 N–H and O–H groups in total. The number of likely N-dealkylation sites (N-methyl/N-ethyl adjacent to an activating group) is 1. The average molecular weight is 288 g/mol. The number of nitrogens with one attached hydrogen (secondary N) is 2. The average Bonchev–Trinajstić information content (AvgIpc) is 2.79. The van der Waals surface area contributed by atoms with Crippen LogP contribution in [0, 0.1) is 0 Å². The summed E-state index contributed by atoms with van der Waals surface area (Å²) < 4.78 is 0. The van der Waals surface area contributed by atoms with Gasteiger partial charge in [0.1, 0.15) is 0 Å². The van der Waals surface area contributed by atoms with Crippen molar-refractivity contribution in [3.8, 4) is 0 Å². The molecule has 2 rings (SSSR count). The third-order valence-corrected chi connectivity index (χ3v) is 2.91. The van der Waals surface area contributed by atoms with Gasteiger partial charge in [-0.05, 0) is 26.8 Å². The van der Waals surface area contributed by atoms with Crippen LogP contribution in [0.5, 0.6) is 0 Å². The number of benzene rings is 1. The maximum atomic E-state index is 12.4. The van der Waals surface area contributed by atoms with Gasteiger partial charge in [0.25, 0.3) is 5.91 Å². The first-order valence-corrected chi connectivity index (χ1v) is 6.77. The van der Waals surface area contributed by atoms with Crippen LogP contribution in [0.15, 0.2) is 24.3 Å². The highest BCUT2D eigenvalue weighted by molar-refractivity contribution is 6.05. The van der Waals surface area contributed by atoms with E-state index in [0.717, 1.165) is 10.9 Å². The van der Waals surface area contributed by atoms with Gasteiger partial charge >= 0.3 is 0 Å². The van der Waals surface area contributed by atoms with E-state index in [1.54, 1.807) is 7.05 Å². The van der Waals surface area contributed by atoms with Crippen molar-refractivity contribution in [2.24, 2.45) is 0 Å². The van der Waals surface area contributed by atoms with E-state index >= 15 is 0 Å². The summed E-state index contributed by atoms with van der Waals surface area (Å²) in [6.45, 7) is 5.69. The fourth-order valence-electron chi connectivity index (χ4n) is 2.05. The summed E-state index contributed by atoms with van der Waals surface area (Å²) >= 11 is 0. The Balaban J connectivity index is 2.11. The topological polar surface area (TPSA) is 78.1 Å². The first-order chi connectivity index (χ1) is 9.78. The van der Waals surface area contributed by atoms with Crippen molar-refractivity contribution in [3.63, 3.8) is 0 Å². The summed E-state index contributed by atoms with van der Waals surface area (Å²) in [7, 11) is 1.59. The van der Waals surface area contributed by atoms with Crippen molar-refractivity contribution >= 4 is 22.7 Å². The third-order valence-electron chi connectivity index (χ3n) is 2.91. The summed E-state index contributed by atoms with van der Waals surface area (Å²) in [6.07, 6.45) is 0. The van der Waals surface area contributed by atoms with Gasteiger partial charge in [0.2, 0.25) is 5.91 Å². The lowest BCUT2D eigenvalue weighted by Gasteiger charge is -2.23. The van der Waals surface area contributed by atoms with Crippen molar-refractivity contribution in [1.29, 1.82) is 0 Å². The van der Waals surface area contributed by atoms with Gasteiger partial charge < -0.3 is 10.2 Å². The quantitative estimate of drug-likeness (QED) is 0.899. The molecule has 0 unspecified atom stereocenters. The molecule has 0 atom stereocenters. The number of amides is 2. The number of aromatic nitrogens is 2. The molecule has 112 valence electrons. The minimum absolute atomic E-state index is 0.00269. The normalized spacial score (nSPS) is 11.4. The Kier molecular flexibility index (Phi) is 3.97. The second-order valence-electron chi connectivity index (χ2n) is 6.08. The number of hydrogen-bond acceptors (Lipinski definition) is 3. The van der Waals surface area contributed by atoms with Gasteiger partial charge in [0.15, 0.2) is 5.69 Å². The zero-order valence-corrected chi connectivity index (χ0v) is 12.7. The number of fused-ring (bicyclic) bond motifs is 1. The molecular weight excluding hydrogens is 268 g/mol. The number of aromatic amines is 1. The molecule has 0 saturated carbocycles. The Labute approximate surface area is 123 Å². The highest BCUT2D eigenvalue weighted by atomic mass is 16.2. The molecule has 0 bridgehead atoms. The van der Waals surface area contributed by atoms with Gasteiger partial charge in [0.05, 0.1) is 12.1 Å². The van der Waals surface area contributed by atoms with Gasteiger partial charge in [-0.25, -0.2) is 0 Å². The summed E-state index contributed by atoms with van der Waals surface area (Å²) in [6, 6.07) is 7.40. The van der Waals surface area contributed by atoms with Crippen molar-refractivity contribution in [1.82, 2.24) is 20.4 Å². The number of carbonyl (C=O) groups excluding carboxylic acids is 2. The zero-order chi connectivity index (χ0) is 15.6. The number of nitrogens with zero attached hydrogens (tertiary/aromatic N) is 2. The molecule has 0 radical (unpaired) electrons. The van der Waals surface area contributed by atoms with E-state index < -0.39 is 0 Å². The van der Waals surface area contributed by atoms with Gasteiger partial charge in [0, 0.05) is 18.0 Å². The first kappa shape index (κ1) is 15.0. The Morgan fingerprint density at radius 3 is 2.62 bits per heavy atom.